The van der Waals surface area contributed by atoms with Crippen LogP contribution in [0.25, 0.3) is 0 Å². The highest BCUT2D eigenvalue weighted by Gasteiger charge is 2.57. The summed E-state index contributed by atoms with van der Waals surface area (Å²) in [6.07, 6.45) is 0.946. The Bertz CT molecular complexity index is 218. The van der Waals surface area contributed by atoms with Gasteiger partial charge in [-0.1, -0.05) is 0 Å². The van der Waals surface area contributed by atoms with Crippen molar-refractivity contribution in [3.8, 4) is 0 Å². The summed E-state index contributed by atoms with van der Waals surface area (Å²) in [5.74, 6) is -1.34. The molecule has 0 bridgehead atoms. The quantitative estimate of drug-likeness (QED) is 0.603. The number of aliphatic carboxylic acids is 1. The van der Waals surface area contributed by atoms with Crippen molar-refractivity contribution in [2.75, 3.05) is 0 Å². The van der Waals surface area contributed by atoms with Crippen molar-refractivity contribution in [1.29, 1.82) is 0 Å². The molecule has 0 aromatic heterocycles. The molecule has 1 aliphatic rings. The lowest BCUT2D eigenvalue weighted by molar-refractivity contribution is -0.149. The Labute approximate surface area is 71.0 Å². The number of amides is 1. The van der Waals surface area contributed by atoms with E-state index in [0.29, 0.717) is 12.8 Å². The summed E-state index contributed by atoms with van der Waals surface area (Å²) in [5.41, 5.74) is -1.09. The first-order valence-corrected chi connectivity index (χ1v) is 4.03. The van der Waals surface area contributed by atoms with Crippen LogP contribution in [0.4, 0.5) is 0 Å². The summed E-state index contributed by atoms with van der Waals surface area (Å²) in [6, 6.07) is 0.00863. The van der Waals surface area contributed by atoms with E-state index in [4.69, 9.17) is 5.11 Å². The van der Waals surface area contributed by atoms with E-state index in [-0.39, 0.29) is 11.9 Å². The molecule has 0 heterocycles. The predicted octanol–water partition coefficient (Wildman–Crippen LogP) is 0.376. The first kappa shape index (κ1) is 9.03. The fourth-order valence-electron chi connectivity index (χ4n) is 1.06. The van der Waals surface area contributed by atoms with Crippen LogP contribution in [0.3, 0.4) is 0 Å². The molecule has 0 aromatic rings. The van der Waals surface area contributed by atoms with Gasteiger partial charge in [-0.3, -0.25) is 9.59 Å². The van der Waals surface area contributed by atoms with Crippen molar-refractivity contribution in [3.63, 3.8) is 0 Å². The van der Waals surface area contributed by atoms with Crippen molar-refractivity contribution in [3.05, 3.63) is 0 Å². The normalized spacial score (nSPS) is 18.9. The third-order valence-corrected chi connectivity index (χ3v) is 2.01. The summed E-state index contributed by atoms with van der Waals surface area (Å²) in [4.78, 5) is 21.9. The van der Waals surface area contributed by atoms with Gasteiger partial charge in [0, 0.05) is 6.04 Å². The second-order valence-corrected chi connectivity index (χ2v) is 3.52. The number of hydrogen-bond donors (Lipinski definition) is 2. The van der Waals surface area contributed by atoms with Crippen molar-refractivity contribution in [2.45, 2.75) is 32.7 Å². The fourth-order valence-corrected chi connectivity index (χ4v) is 1.06. The Kier molecular flexibility index (Phi) is 2.08. The lowest BCUT2D eigenvalue weighted by Crippen LogP contribution is -2.40. The Hall–Kier alpha value is -1.06. The molecule has 0 unspecified atom stereocenters. The summed E-state index contributed by atoms with van der Waals surface area (Å²) < 4.78 is 0. The standard InChI is InChI=1S/C8H13NO3/c1-5(2)9-6(10)8(3-4-8)7(11)12/h5H,3-4H2,1-2H3,(H,9,10)(H,11,12). The van der Waals surface area contributed by atoms with Gasteiger partial charge in [-0.15, -0.1) is 0 Å². The van der Waals surface area contributed by atoms with Crippen molar-refractivity contribution in [2.24, 2.45) is 5.41 Å². The number of carbonyl (C=O) groups excluding carboxylic acids is 1. The fraction of sp³-hybridized carbons (Fsp3) is 0.750. The molecule has 0 aliphatic heterocycles. The van der Waals surface area contributed by atoms with Gasteiger partial charge in [0.25, 0.3) is 0 Å². The predicted molar refractivity (Wildman–Crippen MR) is 42.6 cm³/mol. The van der Waals surface area contributed by atoms with E-state index >= 15 is 0 Å². The van der Waals surface area contributed by atoms with Gasteiger partial charge in [0.05, 0.1) is 0 Å². The second kappa shape index (κ2) is 2.77. The first-order chi connectivity index (χ1) is 5.49. The van der Waals surface area contributed by atoms with Crippen molar-refractivity contribution in [1.82, 2.24) is 5.32 Å². The Morgan fingerprint density at radius 3 is 2.17 bits per heavy atom. The first-order valence-electron chi connectivity index (χ1n) is 4.03. The van der Waals surface area contributed by atoms with Crippen LogP contribution in [0, 0.1) is 5.41 Å². The third-order valence-electron chi connectivity index (χ3n) is 2.01. The molecule has 68 valence electrons. The molecule has 0 atom stereocenters. The number of carboxylic acids is 1. The van der Waals surface area contributed by atoms with Crippen LogP contribution in [0.15, 0.2) is 0 Å². The van der Waals surface area contributed by atoms with Crippen LogP contribution in [0.5, 0.6) is 0 Å². The van der Waals surface area contributed by atoms with Crippen molar-refractivity contribution < 1.29 is 14.7 Å². The van der Waals surface area contributed by atoms with Crippen LogP contribution in [-0.2, 0) is 9.59 Å². The maximum Gasteiger partial charge on any atom is 0.319 e. The summed E-state index contributed by atoms with van der Waals surface area (Å²) in [5, 5.41) is 11.3. The van der Waals surface area contributed by atoms with E-state index in [9.17, 15) is 9.59 Å². The van der Waals surface area contributed by atoms with Crippen LogP contribution in [0.2, 0.25) is 0 Å². The molecule has 1 amide bonds. The minimum absolute atomic E-state index is 0.00863. The highest BCUT2D eigenvalue weighted by Crippen LogP contribution is 2.46. The van der Waals surface area contributed by atoms with E-state index in [2.05, 4.69) is 5.32 Å². The molecule has 1 fully saturated rings. The molecule has 1 aliphatic carbocycles. The van der Waals surface area contributed by atoms with Gasteiger partial charge < -0.3 is 10.4 Å². The second-order valence-electron chi connectivity index (χ2n) is 3.52. The van der Waals surface area contributed by atoms with Gasteiger partial charge in [0.1, 0.15) is 5.41 Å². The molecular weight excluding hydrogens is 158 g/mol. The monoisotopic (exact) mass is 171 g/mol. The highest BCUT2D eigenvalue weighted by molar-refractivity contribution is 6.04. The minimum Gasteiger partial charge on any atom is -0.480 e. The van der Waals surface area contributed by atoms with Crippen molar-refractivity contribution >= 4 is 11.9 Å². The number of carbonyl (C=O) groups is 2. The Morgan fingerprint density at radius 1 is 1.42 bits per heavy atom. The maximum atomic E-state index is 11.3. The zero-order valence-electron chi connectivity index (χ0n) is 7.26. The summed E-state index contributed by atoms with van der Waals surface area (Å²) in [7, 11) is 0. The molecule has 4 nitrogen and oxygen atoms in total. The zero-order valence-corrected chi connectivity index (χ0v) is 7.26. The number of nitrogens with one attached hydrogen (secondary N) is 1. The van der Waals surface area contributed by atoms with Gasteiger partial charge in [0.2, 0.25) is 5.91 Å². The molecule has 1 rings (SSSR count). The Morgan fingerprint density at radius 2 is 1.92 bits per heavy atom. The highest BCUT2D eigenvalue weighted by atomic mass is 16.4. The van der Waals surface area contributed by atoms with E-state index in [1.165, 1.54) is 0 Å². The molecule has 0 radical (unpaired) electrons. The van der Waals surface area contributed by atoms with E-state index in [0.717, 1.165) is 0 Å². The van der Waals surface area contributed by atoms with Gasteiger partial charge in [-0.2, -0.15) is 0 Å². The SMILES string of the molecule is CC(C)NC(=O)C1(C(=O)O)CC1. The van der Waals surface area contributed by atoms with E-state index in [1.807, 2.05) is 13.8 Å². The minimum atomic E-state index is -1.09. The third kappa shape index (κ3) is 1.42. The molecule has 12 heavy (non-hydrogen) atoms. The van der Waals surface area contributed by atoms with Crippen LogP contribution >= 0.6 is 0 Å². The molecular formula is C8H13NO3. The van der Waals surface area contributed by atoms with E-state index in [1.54, 1.807) is 0 Å². The van der Waals surface area contributed by atoms with Crippen LogP contribution in [0.1, 0.15) is 26.7 Å². The smallest absolute Gasteiger partial charge is 0.319 e. The summed E-state index contributed by atoms with van der Waals surface area (Å²) >= 11 is 0. The van der Waals surface area contributed by atoms with Gasteiger partial charge in [0.15, 0.2) is 0 Å². The summed E-state index contributed by atoms with van der Waals surface area (Å²) in [6.45, 7) is 3.63. The number of carboxylic acid groups (broad SMARTS) is 1. The topological polar surface area (TPSA) is 66.4 Å². The molecule has 0 saturated heterocycles. The number of hydrogen-bond acceptors (Lipinski definition) is 2. The molecule has 0 spiro atoms. The van der Waals surface area contributed by atoms with E-state index < -0.39 is 11.4 Å². The number of rotatable bonds is 3. The van der Waals surface area contributed by atoms with Crippen LogP contribution in [-0.4, -0.2) is 23.0 Å². The zero-order chi connectivity index (χ0) is 9.35. The largest absolute Gasteiger partial charge is 0.480 e. The Balaban J connectivity index is 2.58. The molecule has 0 aromatic carbocycles. The lowest BCUT2D eigenvalue weighted by Gasteiger charge is -2.12. The average molecular weight is 171 g/mol. The van der Waals surface area contributed by atoms with Gasteiger partial charge >= 0.3 is 5.97 Å². The van der Waals surface area contributed by atoms with Gasteiger partial charge in [-0.25, -0.2) is 0 Å². The van der Waals surface area contributed by atoms with Crippen LogP contribution < -0.4 is 5.32 Å². The molecule has 4 heteroatoms. The molecule has 1 saturated carbocycles. The van der Waals surface area contributed by atoms with Gasteiger partial charge in [-0.05, 0) is 26.7 Å². The average Bonchev–Trinajstić information content (AvgIpc) is 2.63. The lowest BCUT2D eigenvalue weighted by atomic mass is 10.1. The maximum absolute atomic E-state index is 11.3. The molecule has 2 N–H and O–H groups in total.